The lowest BCUT2D eigenvalue weighted by molar-refractivity contribution is 0.0953. The van der Waals surface area contributed by atoms with Gasteiger partial charge in [0.2, 0.25) is 0 Å². The summed E-state index contributed by atoms with van der Waals surface area (Å²) in [6, 6.07) is 12.2. The van der Waals surface area contributed by atoms with Crippen LogP contribution >= 0.6 is 0 Å². The average Bonchev–Trinajstić information content (AvgIpc) is 3.01. The molecule has 2 aromatic carbocycles. The van der Waals surface area contributed by atoms with Crippen molar-refractivity contribution in [3.63, 3.8) is 0 Å². The second-order valence-electron chi connectivity index (χ2n) is 6.63. The number of benzene rings is 2. The molecule has 3 rings (SSSR count). The van der Waals surface area contributed by atoms with Gasteiger partial charge in [-0.25, -0.2) is 4.98 Å². The van der Waals surface area contributed by atoms with Crippen LogP contribution in [0.1, 0.15) is 47.7 Å². The molecule has 130 valence electrons. The Bertz CT molecular complexity index is 875. The van der Waals surface area contributed by atoms with Crippen molar-refractivity contribution in [1.82, 2.24) is 14.9 Å². The Kier molecular flexibility index (Phi) is 5.17. The second-order valence-corrected chi connectivity index (χ2v) is 6.63. The zero-order valence-corrected chi connectivity index (χ0v) is 15.2. The Morgan fingerprint density at radius 3 is 2.56 bits per heavy atom. The fourth-order valence-electron chi connectivity index (χ4n) is 3.13. The van der Waals surface area contributed by atoms with Crippen molar-refractivity contribution in [3.8, 4) is 5.69 Å². The first-order valence-electron chi connectivity index (χ1n) is 8.92. The SMILES string of the molecule is CCCCCNC(=O)c1ccc2c(c1)ncn2-c1cc(C)cc(C)c1. The largest absolute Gasteiger partial charge is 0.352 e. The summed E-state index contributed by atoms with van der Waals surface area (Å²) in [6.07, 6.45) is 5.13. The number of carbonyl (C=O) groups is 1. The molecule has 0 radical (unpaired) electrons. The second kappa shape index (κ2) is 7.51. The van der Waals surface area contributed by atoms with Crippen molar-refractivity contribution in [2.75, 3.05) is 6.54 Å². The molecule has 0 saturated heterocycles. The first-order valence-corrected chi connectivity index (χ1v) is 8.92. The van der Waals surface area contributed by atoms with E-state index in [0.29, 0.717) is 5.56 Å². The Balaban J connectivity index is 1.85. The molecule has 1 amide bonds. The van der Waals surface area contributed by atoms with Gasteiger partial charge in [-0.2, -0.15) is 0 Å². The van der Waals surface area contributed by atoms with Crippen LogP contribution in [-0.2, 0) is 0 Å². The Morgan fingerprint density at radius 1 is 1.08 bits per heavy atom. The van der Waals surface area contributed by atoms with Crippen LogP contribution < -0.4 is 5.32 Å². The molecule has 25 heavy (non-hydrogen) atoms. The lowest BCUT2D eigenvalue weighted by atomic mass is 10.1. The van der Waals surface area contributed by atoms with Gasteiger partial charge in [0.15, 0.2) is 0 Å². The molecular formula is C21H25N3O. The van der Waals surface area contributed by atoms with Crippen molar-refractivity contribution < 1.29 is 4.79 Å². The van der Waals surface area contributed by atoms with Crippen molar-refractivity contribution in [2.45, 2.75) is 40.0 Å². The molecule has 0 aliphatic carbocycles. The number of carbonyl (C=O) groups excluding carboxylic acids is 1. The lowest BCUT2D eigenvalue weighted by Crippen LogP contribution is -2.24. The summed E-state index contributed by atoms with van der Waals surface area (Å²) in [5, 5.41) is 2.98. The molecule has 1 N–H and O–H groups in total. The fraction of sp³-hybridized carbons (Fsp3) is 0.333. The van der Waals surface area contributed by atoms with Gasteiger partial charge in [0, 0.05) is 17.8 Å². The van der Waals surface area contributed by atoms with E-state index in [-0.39, 0.29) is 5.91 Å². The highest BCUT2D eigenvalue weighted by Crippen LogP contribution is 2.21. The topological polar surface area (TPSA) is 46.9 Å². The van der Waals surface area contributed by atoms with Gasteiger partial charge >= 0.3 is 0 Å². The zero-order chi connectivity index (χ0) is 17.8. The molecule has 1 aromatic heterocycles. The summed E-state index contributed by atoms with van der Waals surface area (Å²) in [6.45, 7) is 7.07. The molecule has 3 aromatic rings. The van der Waals surface area contributed by atoms with E-state index in [4.69, 9.17) is 0 Å². The van der Waals surface area contributed by atoms with Crippen LogP contribution in [0.4, 0.5) is 0 Å². The predicted octanol–water partition coefficient (Wildman–Crippen LogP) is 4.56. The summed E-state index contributed by atoms with van der Waals surface area (Å²) in [4.78, 5) is 16.8. The molecule has 0 aliphatic rings. The van der Waals surface area contributed by atoms with Gasteiger partial charge in [0.05, 0.1) is 11.0 Å². The normalized spacial score (nSPS) is 11.0. The van der Waals surface area contributed by atoms with Crippen LogP contribution in [0.2, 0.25) is 0 Å². The minimum absolute atomic E-state index is 0.0287. The maximum atomic E-state index is 12.3. The molecule has 4 nitrogen and oxygen atoms in total. The number of unbranched alkanes of at least 4 members (excludes halogenated alkanes) is 2. The van der Waals surface area contributed by atoms with E-state index in [9.17, 15) is 4.79 Å². The smallest absolute Gasteiger partial charge is 0.251 e. The first-order chi connectivity index (χ1) is 12.1. The Hall–Kier alpha value is -2.62. The number of fused-ring (bicyclic) bond motifs is 1. The van der Waals surface area contributed by atoms with Gasteiger partial charge < -0.3 is 5.32 Å². The van der Waals surface area contributed by atoms with Crippen molar-refractivity contribution >= 4 is 16.9 Å². The van der Waals surface area contributed by atoms with Gasteiger partial charge in [-0.05, 0) is 61.7 Å². The minimum atomic E-state index is -0.0287. The molecule has 0 fully saturated rings. The third-order valence-electron chi connectivity index (χ3n) is 4.36. The molecule has 0 saturated carbocycles. The van der Waals surface area contributed by atoms with E-state index < -0.39 is 0 Å². The number of imidazole rings is 1. The molecule has 0 atom stereocenters. The van der Waals surface area contributed by atoms with E-state index >= 15 is 0 Å². The Morgan fingerprint density at radius 2 is 1.84 bits per heavy atom. The number of hydrogen-bond acceptors (Lipinski definition) is 2. The van der Waals surface area contributed by atoms with Crippen LogP contribution in [0.3, 0.4) is 0 Å². The highest BCUT2D eigenvalue weighted by atomic mass is 16.1. The number of amides is 1. The average molecular weight is 335 g/mol. The monoisotopic (exact) mass is 335 g/mol. The van der Waals surface area contributed by atoms with Gasteiger partial charge in [-0.1, -0.05) is 25.8 Å². The summed E-state index contributed by atoms with van der Waals surface area (Å²) >= 11 is 0. The van der Waals surface area contributed by atoms with Crippen LogP contribution in [0.25, 0.3) is 16.7 Å². The van der Waals surface area contributed by atoms with E-state index in [1.165, 1.54) is 11.1 Å². The van der Waals surface area contributed by atoms with Gasteiger partial charge in [-0.3, -0.25) is 9.36 Å². The predicted molar refractivity (Wildman–Crippen MR) is 102 cm³/mol. The van der Waals surface area contributed by atoms with E-state index in [1.807, 2.05) is 24.5 Å². The first kappa shape index (κ1) is 17.2. The number of aryl methyl sites for hydroxylation is 2. The van der Waals surface area contributed by atoms with Crippen LogP contribution in [-0.4, -0.2) is 22.0 Å². The van der Waals surface area contributed by atoms with Gasteiger partial charge in [-0.15, -0.1) is 0 Å². The summed E-state index contributed by atoms with van der Waals surface area (Å²) in [5.74, 6) is -0.0287. The van der Waals surface area contributed by atoms with Crippen molar-refractivity contribution in [2.24, 2.45) is 0 Å². The quantitative estimate of drug-likeness (QED) is 0.671. The maximum Gasteiger partial charge on any atom is 0.251 e. The van der Waals surface area contributed by atoms with E-state index in [1.54, 1.807) is 0 Å². The molecule has 0 unspecified atom stereocenters. The molecule has 1 heterocycles. The molecular weight excluding hydrogens is 310 g/mol. The third kappa shape index (κ3) is 3.90. The van der Waals surface area contributed by atoms with Crippen molar-refractivity contribution in [3.05, 3.63) is 59.4 Å². The number of nitrogens with zero attached hydrogens (tertiary/aromatic N) is 2. The summed E-state index contributed by atoms with van der Waals surface area (Å²) in [7, 11) is 0. The molecule has 0 bridgehead atoms. The third-order valence-corrected chi connectivity index (χ3v) is 4.36. The number of nitrogens with one attached hydrogen (secondary N) is 1. The molecule has 4 heteroatoms. The maximum absolute atomic E-state index is 12.3. The van der Waals surface area contributed by atoms with Crippen LogP contribution in [0.5, 0.6) is 0 Å². The summed E-state index contributed by atoms with van der Waals surface area (Å²) < 4.78 is 2.07. The zero-order valence-electron chi connectivity index (χ0n) is 15.2. The van der Waals surface area contributed by atoms with E-state index in [2.05, 4.69) is 53.8 Å². The molecule has 0 aliphatic heterocycles. The highest BCUT2D eigenvalue weighted by molar-refractivity contribution is 5.97. The number of hydrogen-bond donors (Lipinski definition) is 1. The van der Waals surface area contributed by atoms with Crippen LogP contribution in [0.15, 0.2) is 42.7 Å². The fourth-order valence-corrected chi connectivity index (χ4v) is 3.13. The van der Waals surface area contributed by atoms with Gasteiger partial charge in [0.1, 0.15) is 6.33 Å². The van der Waals surface area contributed by atoms with Gasteiger partial charge in [0.25, 0.3) is 5.91 Å². The van der Waals surface area contributed by atoms with Crippen LogP contribution in [0, 0.1) is 13.8 Å². The minimum Gasteiger partial charge on any atom is -0.352 e. The van der Waals surface area contributed by atoms with Crippen molar-refractivity contribution in [1.29, 1.82) is 0 Å². The number of rotatable bonds is 6. The standard InChI is InChI=1S/C21H25N3O/c1-4-5-6-9-22-21(25)17-7-8-20-19(13-17)23-14-24(20)18-11-15(2)10-16(3)12-18/h7-8,10-14H,4-6,9H2,1-3H3,(H,22,25). The molecule has 0 spiro atoms. The Labute approximate surface area is 148 Å². The summed E-state index contributed by atoms with van der Waals surface area (Å²) in [5.41, 5.74) is 6.04. The highest BCUT2D eigenvalue weighted by Gasteiger charge is 2.10. The lowest BCUT2D eigenvalue weighted by Gasteiger charge is -2.08. The van der Waals surface area contributed by atoms with E-state index in [0.717, 1.165) is 42.5 Å². The number of aromatic nitrogens is 2.